The van der Waals surface area contributed by atoms with Gasteiger partial charge >= 0.3 is 6.09 Å². The fourth-order valence-electron chi connectivity index (χ4n) is 3.68. The van der Waals surface area contributed by atoms with Crippen molar-refractivity contribution in [3.8, 4) is 5.75 Å². The first-order chi connectivity index (χ1) is 14.9. The van der Waals surface area contributed by atoms with E-state index in [1.54, 1.807) is 20.8 Å². The Morgan fingerprint density at radius 2 is 1.91 bits per heavy atom. The number of ether oxygens (including phenoxy) is 2. The predicted molar refractivity (Wildman–Crippen MR) is 123 cm³/mol. The van der Waals surface area contributed by atoms with Gasteiger partial charge in [-0.3, -0.25) is 15.0 Å². The van der Waals surface area contributed by atoms with Crippen molar-refractivity contribution in [3.63, 3.8) is 0 Å². The molecule has 1 aliphatic rings. The number of likely N-dealkylation sites (tertiary alicyclic amines) is 1. The average molecular weight is 470 g/mol. The fraction of sp³-hybridized carbons (Fsp3) is 0.636. The molecule has 32 heavy (non-hydrogen) atoms. The highest BCUT2D eigenvalue weighted by Gasteiger charge is 2.27. The van der Waals surface area contributed by atoms with E-state index in [-0.39, 0.29) is 33.7 Å². The quantitative estimate of drug-likeness (QED) is 0.601. The molecule has 0 aliphatic carbocycles. The van der Waals surface area contributed by atoms with Crippen molar-refractivity contribution < 1.29 is 27.5 Å². The molecular weight excluding hydrogens is 434 g/mol. The normalized spacial score (nSPS) is 17.1. The lowest BCUT2D eigenvalue weighted by Gasteiger charge is -2.23. The van der Waals surface area contributed by atoms with E-state index < -0.39 is 27.4 Å². The molecule has 1 heterocycles. The molecule has 0 bridgehead atoms. The summed E-state index contributed by atoms with van der Waals surface area (Å²) in [7, 11) is -2.37. The Morgan fingerprint density at radius 1 is 1.22 bits per heavy atom. The summed E-state index contributed by atoms with van der Waals surface area (Å²) >= 11 is 0. The summed E-state index contributed by atoms with van der Waals surface area (Å²) in [4.78, 5) is 27.4. The first kappa shape index (κ1) is 25.9. The topological polar surface area (TPSA) is 114 Å². The molecule has 0 aromatic heterocycles. The van der Waals surface area contributed by atoms with E-state index in [1.165, 1.54) is 26.2 Å². The first-order valence-corrected chi connectivity index (χ1v) is 12.5. The van der Waals surface area contributed by atoms with Gasteiger partial charge in [-0.15, -0.1) is 0 Å². The number of sulfone groups is 1. The second-order valence-corrected chi connectivity index (χ2v) is 11.0. The fourth-order valence-corrected chi connectivity index (χ4v) is 4.73. The van der Waals surface area contributed by atoms with Crippen molar-refractivity contribution >= 4 is 27.5 Å². The van der Waals surface area contributed by atoms with E-state index >= 15 is 0 Å². The van der Waals surface area contributed by atoms with Crippen LogP contribution in [-0.2, 0) is 14.6 Å². The maximum atomic E-state index is 12.9. The summed E-state index contributed by atoms with van der Waals surface area (Å²) in [5, 5.41) is 5.38. The number of hydrogen-bond acceptors (Lipinski definition) is 7. The smallest absolute Gasteiger partial charge is 0.412 e. The summed E-state index contributed by atoms with van der Waals surface area (Å²) in [5.41, 5.74) is -0.664. The molecule has 0 radical (unpaired) electrons. The zero-order valence-corrected chi connectivity index (χ0v) is 20.6. The Bertz CT molecular complexity index is 940. The standard InChI is InChI=1S/C22H35N3O6S/c1-7-25-11-9-10-15(25)14-23-20(26)16-12-19(32(28,29)8-2)17(13-18(16)30-6)24-21(27)31-22(3,4)5/h12-13,15H,7-11,14H2,1-6H3,(H,23,26)(H,24,27). The minimum atomic E-state index is -3.76. The second kappa shape index (κ2) is 10.5. The summed E-state index contributed by atoms with van der Waals surface area (Å²) in [5.74, 6) is -0.472. The van der Waals surface area contributed by atoms with Gasteiger partial charge in [-0.05, 0) is 52.8 Å². The lowest BCUT2D eigenvalue weighted by atomic mass is 10.1. The predicted octanol–water partition coefficient (Wildman–Crippen LogP) is 3.05. The van der Waals surface area contributed by atoms with Crippen LogP contribution in [0.15, 0.2) is 17.0 Å². The van der Waals surface area contributed by atoms with Crippen LogP contribution >= 0.6 is 0 Å². The average Bonchev–Trinajstić information content (AvgIpc) is 3.17. The molecule has 1 aliphatic heterocycles. The van der Waals surface area contributed by atoms with Gasteiger partial charge in [0.25, 0.3) is 5.91 Å². The largest absolute Gasteiger partial charge is 0.496 e. The van der Waals surface area contributed by atoms with Gasteiger partial charge < -0.3 is 14.8 Å². The molecule has 1 aromatic carbocycles. The van der Waals surface area contributed by atoms with Gasteiger partial charge in [0.15, 0.2) is 9.84 Å². The van der Waals surface area contributed by atoms with Crippen LogP contribution in [0.5, 0.6) is 5.75 Å². The number of benzene rings is 1. The van der Waals surface area contributed by atoms with Crippen LogP contribution in [0.3, 0.4) is 0 Å². The molecule has 1 fully saturated rings. The Morgan fingerprint density at radius 3 is 2.47 bits per heavy atom. The number of carbonyl (C=O) groups is 2. The molecule has 10 heteroatoms. The summed E-state index contributed by atoms with van der Waals surface area (Å²) < 4.78 is 36.1. The molecule has 1 saturated heterocycles. The molecule has 0 saturated carbocycles. The maximum absolute atomic E-state index is 12.9. The lowest BCUT2D eigenvalue weighted by Crippen LogP contribution is -2.40. The van der Waals surface area contributed by atoms with Crippen molar-refractivity contribution in [3.05, 3.63) is 17.7 Å². The van der Waals surface area contributed by atoms with Crippen LogP contribution in [0.25, 0.3) is 0 Å². The summed E-state index contributed by atoms with van der Waals surface area (Å²) in [6.45, 7) is 11.1. The molecule has 0 spiro atoms. The number of rotatable bonds is 8. The van der Waals surface area contributed by atoms with E-state index in [0.717, 1.165) is 25.9 Å². The third-order valence-electron chi connectivity index (χ3n) is 5.30. The zero-order valence-electron chi connectivity index (χ0n) is 19.8. The van der Waals surface area contributed by atoms with Crippen LogP contribution in [-0.4, -0.2) is 69.5 Å². The first-order valence-electron chi connectivity index (χ1n) is 10.9. The van der Waals surface area contributed by atoms with Crippen molar-refractivity contribution in [1.82, 2.24) is 10.2 Å². The Balaban J connectivity index is 2.36. The van der Waals surface area contributed by atoms with E-state index in [4.69, 9.17) is 9.47 Å². The number of amides is 2. The van der Waals surface area contributed by atoms with Gasteiger partial charge in [0.2, 0.25) is 0 Å². The molecule has 1 unspecified atom stereocenters. The van der Waals surface area contributed by atoms with E-state index in [0.29, 0.717) is 6.54 Å². The van der Waals surface area contributed by atoms with Gasteiger partial charge in [-0.1, -0.05) is 13.8 Å². The van der Waals surface area contributed by atoms with Crippen LogP contribution in [0.2, 0.25) is 0 Å². The minimum Gasteiger partial charge on any atom is -0.496 e. The van der Waals surface area contributed by atoms with E-state index in [1.807, 2.05) is 0 Å². The Kier molecular flexibility index (Phi) is 8.53. The highest BCUT2D eigenvalue weighted by Crippen LogP contribution is 2.32. The van der Waals surface area contributed by atoms with E-state index in [2.05, 4.69) is 22.5 Å². The highest BCUT2D eigenvalue weighted by atomic mass is 32.2. The number of methoxy groups -OCH3 is 1. The molecule has 180 valence electrons. The van der Waals surface area contributed by atoms with Gasteiger partial charge in [-0.25, -0.2) is 13.2 Å². The molecule has 1 atom stereocenters. The molecule has 2 N–H and O–H groups in total. The maximum Gasteiger partial charge on any atom is 0.412 e. The number of likely N-dealkylation sites (N-methyl/N-ethyl adjacent to an activating group) is 1. The number of carbonyl (C=O) groups excluding carboxylic acids is 2. The number of nitrogens with zero attached hydrogens (tertiary/aromatic N) is 1. The van der Waals surface area contributed by atoms with Crippen LogP contribution in [0, 0.1) is 0 Å². The van der Waals surface area contributed by atoms with Crippen molar-refractivity contribution in [2.45, 2.75) is 64.0 Å². The molecule has 2 amide bonds. The Labute approximate surface area is 190 Å². The number of hydrogen-bond donors (Lipinski definition) is 2. The lowest BCUT2D eigenvalue weighted by molar-refractivity contribution is 0.0635. The highest BCUT2D eigenvalue weighted by molar-refractivity contribution is 7.91. The van der Waals surface area contributed by atoms with Gasteiger partial charge in [-0.2, -0.15) is 0 Å². The summed E-state index contributed by atoms with van der Waals surface area (Å²) in [6.07, 6.45) is 1.28. The van der Waals surface area contributed by atoms with Crippen molar-refractivity contribution in [2.24, 2.45) is 0 Å². The zero-order chi connectivity index (χ0) is 24.1. The van der Waals surface area contributed by atoms with Crippen LogP contribution in [0.1, 0.15) is 57.8 Å². The number of anilines is 1. The van der Waals surface area contributed by atoms with Crippen molar-refractivity contribution in [1.29, 1.82) is 0 Å². The van der Waals surface area contributed by atoms with Crippen LogP contribution < -0.4 is 15.4 Å². The van der Waals surface area contributed by atoms with Gasteiger partial charge in [0.1, 0.15) is 11.4 Å². The summed E-state index contributed by atoms with van der Waals surface area (Å²) in [6, 6.07) is 2.85. The molecule has 2 rings (SSSR count). The SMILES string of the molecule is CCN1CCCC1CNC(=O)c1cc(S(=O)(=O)CC)c(NC(=O)OC(C)(C)C)cc1OC. The number of nitrogens with one attached hydrogen (secondary N) is 2. The second-order valence-electron chi connectivity index (χ2n) is 8.71. The van der Waals surface area contributed by atoms with Crippen molar-refractivity contribution in [2.75, 3.05) is 37.8 Å². The third-order valence-corrected chi connectivity index (χ3v) is 7.07. The van der Waals surface area contributed by atoms with E-state index in [9.17, 15) is 18.0 Å². The monoisotopic (exact) mass is 469 g/mol. The Hall–Kier alpha value is -2.33. The van der Waals surface area contributed by atoms with Gasteiger partial charge in [0.05, 0.1) is 29.0 Å². The molecule has 9 nitrogen and oxygen atoms in total. The molecular formula is C22H35N3O6S. The van der Waals surface area contributed by atoms with Crippen LogP contribution in [0.4, 0.5) is 10.5 Å². The molecule has 1 aromatic rings. The third kappa shape index (κ3) is 6.59. The minimum absolute atomic E-state index is 0.00227. The van der Waals surface area contributed by atoms with Gasteiger partial charge in [0, 0.05) is 18.7 Å².